The Balaban J connectivity index is 2.49. The van der Waals surface area contributed by atoms with E-state index in [2.05, 4.69) is 15.3 Å². The summed E-state index contributed by atoms with van der Waals surface area (Å²) in [6, 6.07) is 6.28. The molecule has 26 heavy (non-hydrogen) atoms. The third kappa shape index (κ3) is 4.62. The maximum Gasteiger partial charge on any atom is 0.362 e. The van der Waals surface area contributed by atoms with Gasteiger partial charge in [-0.1, -0.05) is 23.2 Å². The Morgan fingerprint density at radius 3 is 2.62 bits per heavy atom. The third-order valence-electron chi connectivity index (χ3n) is 3.31. The average molecular weight is 397 g/mol. The lowest BCUT2D eigenvalue weighted by Crippen LogP contribution is -2.10. The number of hydrogen-bond donors (Lipinski definition) is 1. The van der Waals surface area contributed by atoms with Gasteiger partial charge in [0, 0.05) is 6.54 Å². The number of carbonyl (C=O) groups excluding carboxylic acids is 1. The molecule has 1 aromatic carbocycles. The van der Waals surface area contributed by atoms with Crippen LogP contribution in [0.4, 0.5) is 5.69 Å². The van der Waals surface area contributed by atoms with E-state index in [4.69, 9.17) is 27.9 Å². The summed E-state index contributed by atoms with van der Waals surface area (Å²) in [5, 5.41) is 23.3. The number of aliphatic hydroxyl groups is 1. The Morgan fingerprint density at radius 2 is 2.00 bits per heavy atom. The van der Waals surface area contributed by atoms with Crippen molar-refractivity contribution in [3.8, 4) is 0 Å². The van der Waals surface area contributed by atoms with Crippen molar-refractivity contribution in [2.45, 2.75) is 27.3 Å². The van der Waals surface area contributed by atoms with E-state index in [1.54, 1.807) is 36.7 Å². The Kier molecular flexibility index (Phi) is 6.76. The molecule has 0 fully saturated rings. The highest BCUT2D eigenvalue weighted by Crippen LogP contribution is 2.28. The number of rotatable bonds is 6. The van der Waals surface area contributed by atoms with Crippen molar-refractivity contribution in [1.29, 1.82) is 0 Å². The van der Waals surface area contributed by atoms with Crippen molar-refractivity contribution in [3.63, 3.8) is 0 Å². The zero-order chi connectivity index (χ0) is 19.3. The summed E-state index contributed by atoms with van der Waals surface area (Å²) in [5.41, 5.74) is 1.08. The van der Waals surface area contributed by atoms with Crippen LogP contribution in [0.5, 0.6) is 0 Å². The molecule has 0 saturated carbocycles. The second-order valence-corrected chi connectivity index (χ2v) is 6.02. The first-order chi connectivity index (χ1) is 12.4. The molecule has 0 atom stereocenters. The topological polar surface area (TPSA) is 89.1 Å². The Hall–Kier alpha value is -2.38. The lowest BCUT2D eigenvalue weighted by atomic mass is 10.2. The predicted octanol–water partition coefficient (Wildman–Crippen LogP) is 5.09. The van der Waals surface area contributed by atoms with Crippen LogP contribution in [-0.2, 0) is 16.1 Å². The molecule has 1 heterocycles. The molecule has 9 heteroatoms. The zero-order valence-electron chi connectivity index (χ0n) is 14.5. The van der Waals surface area contributed by atoms with Crippen LogP contribution in [0.15, 0.2) is 40.2 Å². The van der Waals surface area contributed by atoms with Crippen LogP contribution in [-0.4, -0.2) is 27.5 Å². The van der Waals surface area contributed by atoms with Gasteiger partial charge in [0.05, 0.1) is 28.0 Å². The molecule has 0 spiro atoms. The van der Waals surface area contributed by atoms with Crippen LogP contribution in [0.25, 0.3) is 5.76 Å². The molecule has 2 aromatic rings. The van der Waals surface area contributed by atoms with Gasteiger partial charge >= 0.3 is 5.97 Å². The largest absolute Gasteiger partial charge is 0.504 e. The summed E-state index contributed by atoms with van der Waals surface area (Å²) < 4.78 is 6.52. The first kappa shape index (κ1) is 19.9. The fourth-order valence-corrected chi connectivity index (χ4v) is 2.43. The highest BCUT2D eigenvalue weighted by molar-refractivity contribution is 6.42. The summed E-state index contributed by atoms with van der Waals surface area (Å²) in [6.45, 7) is 5.94. The first-order valence-electron chi connectivity index (χ1n) is 7.89. The smallest absolute Gasteiger partial charge is 0.362 e. The van der Waals surface area contributed by atoms with E-state index in [1.165, 1.54) is 6.07 Å². The van der Waals surface area contributed by atoms with E-state index in [-0.39, 0.29) is 18.1 Å². The van der Waals surface area contributed by atoms with Crippen LogP contribution in [0, 0.1) is 6.92 Å². The van der Waals surface area contributed by atoms with Gasteiger partial charge in [0.1, 0.15) is 5.69 Å². The summed E-state index contributed by atoms with van der Waals surface area (Å²) in [7, 11) is 0. The number of aryl methyl sites for hydroxylation is 2. The number of aliphatic hydroxyl groups excluding tert-OH is 1. The summed E-state index contributed by atoms with van der Waals surface area (Å²) in [6.07, 6.45) is 0. The maximum atomic E-state index is 12.2. The molecule has 1 aromatic heterocycles. The number of ether oxygens (including phenoxy) is 1. The summed E-state index contributed by atoms with van der Waals surface area (Å²) in [5.74, 6) is -1.16. The molecule has 1 N–H and O–H groups in total. The molecule has 0 aliphatic heterocycles. The molecule has 7 nitrogen and oxygen atoms in total. The number of benzene rings is 1. The van der Waals surface area contributed by atoms with Crippen molar-refractivity contribution < 1.29 is 14.6 Å². The molecule has 0 bridgehead atoms. The van der Waals surface area contributed by atoms with Crippen LogP contribution in [0.1, 0.15) is 25.2 Å². The molecule has 0 amide bonds. The van der Waals surface area contributed by atoms with E-state index in [9.17, 15) is 9.90 Å². The Bertz CT molecular complexity index is 875. The molecule has 0 aliphatic rings. The van der Waals surface area contributed by atoms with Gasteiger partial charge in [-0.2, -0.15) is 10.2 Å². The minimum absolute atomic E-state index is 0.129. The van der Waals surface area contributed by atoms with E-state index in [0.717, 1.165) is 0 Å². The quantitative estimate of drug-likeness (QED) is 0.318. The highest BCUT2D eigenvalue weighted by atomic mass is 35.5. The third-order valence-corrected chi connectivity index (χ3v) is 4.05. The van der Waals surface area contributed by atoms with Crippen molar-refractivity contribution in [3.05, 3.63) is 51.4 Å². The molecule has 0 aliphatic carbocycles. The minimum Gasteiger partial charge on any atom is -0.504 e. The number of azo groups is 1. The van der Waals surface area contributed by atoms with Crippen molar-refractivity contribution >= 4 is 40.6 Å². The molecular weight excluding hydrogens is 379 g/mol. The molecule has 0 saturated heterocycles. The van der Waals surface area contributed by atoms with Crippen LogP contribution in [0.2, 0.25) is 10.0 Å². The fourth-order valence-electron chi connectivity index (χ4n) is 2.14. The van der Waals surface area contributed by atoms with Crippen LogP contribution >= 0.6 is 23.2 Å². The van der Waals surface area contributed by atoms with E-state index in [0.29, 0.717) is 33.7 Å². The fraction of sp³-hybridized carbons (Fsp3) is 0.294. The second kappa shape index (κ2) is 8.82. The molecule has 0 radical (unpaired) electrons. The number of nitrogens with zero attached hydrogens (tertiary/aromatic N) is 4. The highest BCUT2D eigenvalue weighted by Gasteiger charge is 2.21. The Morgan fingerprint density at radius 1 is 1.27 bits per heavy atom. The zero-order valence-corrected chi connectivity index (χ0v) is 16.0. The van der Waals surface area contributed by atoms with Gasteiger partial charge < -0.3 is 9.84 Å². The van der Waals surface area contributed by atoms with Crippen LogP contribution < -0.4 is 0 Å². The van der Waals surface area contributed by atoms with Gasteiger partial charge in [-0.3, -0.25) is 4.68 Å². The van der Waals surface area contributed by atoms with E-state index in [1.807, 2.05) is 6.92 Å². The van der Waals surface area contributed by atoms with Gasteiger partial charge in [-0.05, 0) is 45.0 Å². The van der Waals surface area contributed by atoms with Gasteiger partial charge in [0.25, 0.3) is 0 Å². The SMILES string of the molecule is CCOC(=O)C(N=Nc1ccc(Cl)c(Cl)c1)=C(O)c1cc(C)nn1CC. The van der Waals surface area contributed by atoms with Gasteiger partial charge in [0.2, 0.25) is 5.70 Å². The lowest BCUT2D eigenvalue weighted by Gasteiger charge is -2.07. The number of carbonyl (C=O) groups is 1. The average Bonchev–Trinajstić information content (AvgIpc) is 2.99. The monoisotopic (exact) mass is 396 g/mol. The van der Waals surface area contributed by atoms with E-state index >= 15 is 0 Å². The standard InChI is InChI=1S/C17H18Cl2N4O3/c1-4-23-14(8-10(3)22-23)16(24)15(17(25)26-5-2)21-20-11-6-7-12(18)13(19)9-11/h6-9,24H,4-5H2,1-3H3. The summed E-state index contributed by atoms with van der Waals surface area (Å²) >= 11 is 11.8. The van der Waals surface area contributed by atoms with Gasteiger partial charge in [-0.15, -0.1) is 5.11 Å². The van der Waals surface area contributed by atoms with Crippen molar-refractivity contribution in [2.75, 3.05) is 6.61 Å². The molecule has 138 valence electrons. The van der Waals surface area contributed by atoms with Crippen molar-refractivity contribution in [1.82, 2.24) is 9.78 Å². The maximum absolute atomic E-state index is 12.2. The predicted molar refractivity (Wildman–Crippen MR) is 99.8 cm³/mol. The minimum atomic E-state index is -0.796. The van der Waals surface area contributed by atoms with Crippen LogP contribution in [0.3, 0.4) is 0 Å². The molecule has 0 unspecified atom stereocenters. The van der Waals surface area contributed by atoms with Gasteiger partial charge in [0.15, 0.2) is 5.76 Å². The normalized spacial score (nSPS) is 12.3. The molecule has 2 rings (SSSR count). The lowest BCUT2D eigenvalue weighted by molar-refractivity contribution is -0.138. The second-order valence-electron chi connectivity index (χ2n) is 5.20. The molecular formula is C17H18Cl2N4O3. The van der Waals surface area contributed by atoms with E-state index < -0.39 is 5.97 Å². The number of esters is 1. The number of aromatic nitrogens is 2. The number of halogens is 2. The van der Waals surface area contributed by atoms with Gasteiger partial charge in [-0.25, -0.2) is 4.79 Å². The van der Waals surface area contributed by atoms with Crippen molar-refractivity contribution in [2.24, 2.45) is 10.2 Å². The number of hydrogen-bond acceptors (Lipinski definition) is 6. The Labute approximate surface area is 160 Å². The summed E-state index contributed by atoms with van der Waals surface area (Å²) in [4.78, 5) is 12.2. The first-order valence-corrected chi connectivity index (χ1v) is 8.64.